The van der Waals surface area contributed by atoms with Crippen LogP contribution in [0.4, 0.5) is 5.69 Å². The highest BCUT2D eigenvalue weighted by Crippen LogP contribution is 2.25. The highest BCUT2D eigenvalue weighted by atomic mass is 16.4. The predicted molar refractivity (Wildman–Crippen MR) is 71.8 cm³/mol. The molecule has 0 bridgehead atoms. The van der Waals surface area contributed by atoms with Crippen molar-refractivity contribution in [3.63, 3.8) is 0 Å². The molecule has 1 aromatic rings. The zero-order valence-electron chi connectivity index (χ0n) is 10.7. The van der Waals surface area contributed by atoms with Crippen LogP contribution in [0.15, 0.2) is 18.2 Å². The highest BCUT2D eigenvalue weighted by Gasteiger charge is 2.18. The molecule has 0 aromatic heterocycles. The minimum atomic E-state index is -0.983. The van der Waals surface area contributed by atoms with Gasteiger partial charge in [-0.25, -0.2) is 0 Å². The maximum atomic E-state index is 10.9. The lowest BCUT2D eigenvalue weighted by Crippen LogP contribution is -2.29. The molecule has 0 amide bonds. The number of piperidine rings is 1. The van der Waals surface area contributed by atoms with Crippen LogP contribution in [0.1, 0.15) is 36.4 Å². The smallest absolute Gasteiger partial charge is 0.325 e. The van der Waals surface area contributed by atoms with Gasteiger partial charge in [-0.3, -0.25) is 4.79 Å². The van der Waals surface area contributed by atoms with Gasteiger partial charge in [-0.2, -0.15) is 0 Å². The summed E-state index contributed by atoms with van der Waals surface area (Å²) in [4.78, 5) is 13.3. The molecule has 0 unspecified atom stereocenters. The molecule has 0 aliphatic carbocycles. The van der Waals surface area contributed by atoms with Gasteiger partial charge in [0.15, 0.2) is 0 Å². The van der Waals surface area contributed by atoms with Gasteiger partial charge in [-0.1, -0.05) is 6.07 Å². The lowest BCUT2D eigenvalue weighted by atomic mass is 10.0. The number of hydrogen-bond acceptors (Lipinski definition) is 3. The minimum absolute atomic E-state index is 0.697. The summed E-state index contributed by atoms with van der Waals surface area (Å²) >= 11 is 0. The molecule has 2 rings (SSSR count). The Morgan fingerprint density at radius 3 is 2.56 bits per heavy atom. The van der Waals surface area contributed by atoms with E-state index < -0.39 is 12.0 Å². The maximum absolute atomic E-state index is 10.9. The van der Waals surface area contributed by atoms with E-state index in [0.717, 1.165) is 18.7 Å². The maximum Gasteiger partial charge on any atom is 0.325 e. The molecule has 0 saturated carbocycles. The van der Waals surface area contributed by atoms with Crippen LogP contribution >= 0.6 is 0 Å². The summed E-state index contributed by atoms with van der Waals surface area (Å²) < 4.78 is 0. The fourth-order valence-corrected chi connectivity index (χ4v) is 2.49. The Morgan fingerprint density at radius 2 is 2.00 bits per heavy atom. The van der Waals surface area contributed by atoms with Crippen LogP contribution in [0.5, 0.6) is 0 Å². The first-order valence-electron chi connectivity index (χ1n) is 6.43. The van der Waals surface area contributed by atoms with Crippen LogP contribution in [-0.2, 0) is 4.79 Å². The predicted octanol–water partition coefficient (Wildman–Crippen LogP) is 2.07. The summed E-state index contributed by atoms with van der Waals surface area (Å²) in [6.45, 7) is 4.10. The molecule has 3 N–H and O–H groups in total. The number of anilines is 1. The molecule has 1 atom stereocenters. The van der Waals surface area contributed by atoms with Crippen molar-refractivity contribution in [2.75, 3.05) is 18.0 Å². The largest absolute Gasteiger partial charge is 0.480 e. The van der Waals surface area contributed by atoms with E-state index in [9.17, 15) is 4.79 Å². The molecule has 1 saturated heterocycles. The number of nitrogens with two attached hydrogens (primary N) is 1. The number of benzene rings is 1. The van der Waals surface area contributed by atoms with Gasteiger partial charge in [0.1, 0.15) is 6.04 Å². The molecule has 1 aromatic carbocycles. The number of carbonyl (C=O) groups is 1. The third-order valence-electron chi connectivity index (χ3n) is 3.58. The van der Waals surface area contributed by atoms with Crippen molar-refractivity contribution in [1.29, 1.82) is 0 Å². The molecule has 1 fully saturated rings. The molecular weight excluding hydrogens is 228 g/mol. The Bertz CT molecular complexity index is 439. The topological polar surface area (TPSA) is 66.6 Å². The van der Waals surface area contributed by atoms with E-state index in [0.29, 0.717) is 5.56 Å². The van der Waals surface area contributed by atoms with Gasteiger partial charge in [0.2, 0.25) is 0 Å². The second-order valence-electron chi connectivity index (χ2n) is 4.90. The van der Waals surface area contributed by atoms with E-state index in [1.807, 2.05) is 25.1 Å². The van der Waals surface area contributed by atoms with Crippen LogP contribution in [0.3, 0.4) is 0 Å². The first kappa shape index (κ1) is 12.9. The summed E-state index contributed by atoms with van der Waals surface area (Å²) in [6.07, 6.45) is 3.77. The first-order valence-corrected chi connectivity index (χ1v) is 6.43. The summed E-state index contributed by atoms with van der Waals surface area (Å²) in [5, 5.41) is 8.94. The Morgan fingerprint density at radius 1 is 1.33 bits per heavy atom. The summed E-state index contributed by atoms with van der Waals surface area (Å²) in [5.41, 5.74) is 8.48. The van der Waals surface area contributed by atoms with E-state index in [1.54, 1.807) is 0 Å². The Balaban J connectivity index is 2.21. The van der Waals surface area contributed by atoms with E-state index >= 15 is 0 Å². The average Bonchev–Trinajstić information content (AvgIpc) is 2.38. The molecule has 1 aliphatic heterocycles. The molecule has 0 radical (unpaired) electrons. The van der Waals surface area contributed by atoms with E-state index in [2.05, 4.69) is 4.90 Å². The Labute approximate surface area is 107 Å². The van der Waals surface area contributed by atoms with Gasteiger partial charge >= 0.3 is 5.97 Å². The second-order valence-corrected chi connectivity index (χ2v) is 4.90. The Hall–Kier alpha value is -1.55. The van der Waals surface area contributed by atoms with Gasteiger partial charge in [0.25, 0.3) is 0 Å². The van der Waals surface area contributed by atoms with Crippen molar-refractivity contribution in [3.05, 3.63) is 29.3 Å². The third-order valence-corrected chi connectivity index (χ3v) is 3.58. The number of aryl methyl sites for hydroxylation is 1. The standard InChI is InChI=1S/C14H20N2O2/c1-10-9-11(16-7-3-2-4-8-16)5-6-12(10)13(15)14(17)18/h5-6,9,13H,2-4,7-8,15H2,1H3,(H,17,18)/t13-/m0/s1. The van der Waals surface area contributed by atoms with Crippen molar-refractivity contribution in [3.8, 4) is 0 Å². The number of nitrogens with zero attached hydrogens (tertiary/aromatic N) is 1. The van der Waals surface area contributed by atoms with Crippen LogP contribution in [-0.4, -0.2) is 24.2 Å². The molecule has 98 valence electrons. The Kier molecular flexibility index (Phi) is 3.87. The zero-order valence-corrected chi connectivity index (χ0v) is 10.7. The minimum Gasteiger partial charge on any atom is -0.480 e. The van der Waals surface area contributed by atoms with Crippen molar-refractivity contribution in [2.24, 2.45) is 5.73 Å². The van der Waals surface area contributed by atoms with Crippen LogP contribution in [0.2, 0.25) is 0 Å². The molecule has 4 heteroatoms. The van der Waals surface area contributed by atoms with E-state index in [1.165, 1.54) is 24.9 Å². The second kappa shape index (κ2) is 5.40. The van der Waals surface area contributed by atoms with Gasteiger partial charge < -0.3 is 15.7 Å². The van der Waals surface area contributed by atoms with Gasteiger partial charge in [-0.15, -0.1) is 0 Å². The lowest BCUT2D eigenvalue weighted by molar-refractivity contribution is -0.138. The monoisotopic (exact) mass is 248 g/mol. The number of hydrogen-bond donors (Lipinski definition) is 2. The molecule has 4 nitrogen and oxygen atoms in total. The first-order chi connectivity index (χ1) is 8.59. The summed E-state index contributed by atoms with van der Waals surface area (Å²) in [6, 6.07) is 4.94. The number of carboxylic acid groups (broad SMARTS) is 1. The van der Waals surface area contributed by atoms with Crippen LogP contribution < -0.4 is 10.6 Å². The molecule has 18 heavy (non-hydrogen) atoms. The normalized spacial score (nSPS) is 17.6. The van der Waals surface area contributed by atoms with Crippen molar-refractivity contribution in [1.82, 2.24) is 0 Å². The van der Waals surface area contributed by atoms with Gasteiger partial charge in [-0.05, 0) is 49.4 Å². The number of carboxylic acids is 1. The highest BCUT2D eigenvalue weighted by molar-refractivity contribution is 5.76. The van der Waals surface area contributed by atoms with Crippen molar-refractivity contribution < 1.29 is 9.90 Å². The number of aliphatic carboxylic acids is 1. The summed E-state index contributed by atoms with van der Waals surface area (Å²) in [5.74, 6) is -0.983. The third kappa shape index (κ3) is 2.64. The molecule has 0 spiro atoms. The SMILES string of the molecule is Cc1cc(N2CCCCC2)ccc1[C@H](N)C(=O)O. The molecule has 1 heterocycles. The zero-order chi connectivity index (χ0) is 13.1. The van der Waals surface area contributed by atoms with Crippen LogP contribution in [0.25, 0.3) is 0 Å². The van der Waals surface area contributed by atoms with Gasteiger partial charge in [0, 0.05) is 18.8 Å². The summed E-state index contributed by atoms with van der Waals surface area (Å²) in [7, 11) is 0. The van der Waals surface area contributed by atoms with Crippen molar-refractivity contribution >= 4 is 11.7 Å². The van der Waals surface area contributed by atoms with E-state index in [-0.39, 0.29) is 0 Å². The fourth-order valence-electron chi connectivity index (χ4n) is 2.49. The lowest BCUT2D eigenvalue weighted by Gasteiger charge is -2.29. The van der Waals surface area contributed by atoms with Gasteiger partial charge in [0.05, 0.1) is 0 Å². The average molecular weight is 248 g/mol. The molecular formula is C14H20N2O2. The number of rotatable bonds is 3. The van der Waals surface area contributed by atoms with Crippen molar-refractivity contribution in [2.45, 2.75) is 32.2 Å². The fraction of sp³-hybridized carbons (Fsp3) is 0.500. The van der Waals surface area contributed by atoms with Crippen LogP contribution in [0, 0.1) is 6.92 Å². The quantitative estimate of drug-likeness (QED) is 0.859. The molecule has 1 aliphatic rings. The van der Waals surface area contributed by atoms with E-state index in [4.69, 9.17) is 10.8 Å².